The lowest BCUT2D eigenvalue weighted by atomic mass is 10.2. The summed E-state index contributed by atoms with van der Waals surface area (Å²) in [7, 11) is 0. The highest BCUT2D eigenvalue weighted by atomic mass is 19.1. The van der Waals surface area contributed by atoms with Gasteiger partial charge in [-0.05, 0) is 30.2 Å². The minimum atomic E-state index is -0.815. The Bertz CT molecular complexity index is 536. The average molecular weight is 266 g/mol. The highest BCUT2D eigenvalue weighted by molar-refractivity contribution is 5.89. The molecular formula is C13H12F2N2O2. The van der Waals surface area contributed by atoms with Gasteiger partial charge in [-0.15, -0.1) is 0 Å². The number of para-hydroxylation sites is 1. The van der Waals surface area contributed by atoms with Crippen molar-refractivity contribution in [2.24, 2.45) is 0 Å². The zero-order valence-corrected chi connectivity index (χ0v) is 9.95. The first-order chi connectivity index (χ1) is 9.16. The third-order valence-corrected chi connectivity index (χ3v) is 2.48. The number of furan rings is 1. The van der Waals surface area contributed by atoms with E-state index in [0.29, 0.717) is 13.0 Å². The predicted octanol–water partition coefficient (Wildman–Crippen LogP) is 2.92. The summed E-state index contributed by atoms with van der Waals surface area (Å²) in [5, 5.41) is 4.63. The van der Waals surface area contributed by atoms with Crippen molar-refractivity contribution in [3.05, 3.63) is 54.0 Å². The van der Waals surface area contributed by atoms with E-state index in [1.54, 1.807) is 12.3 Å². The minimum absolute atomic E-state index is 0.335. The van der Waals surface area contributed by atoms with Crippen molar-refractivity contribution in [3.63, 3.8) is 0 Å². The lowest BCUT2D eigenvalue weighted by Gasteiger charge is -2.08. The van der Waals surface area contributed by atoms with Crippen LogP contribution in [0, 0.1) is 11.6 Å². The second kappa shape index (κ2) is 5.99. The van der Waals surface area contributed by atoms with E-state index < -0.39 is 23.4 Å². The van der Waals surface area contributed by atoms with Crippen LogP contribution in [-0.2, 0) is 6.42 Å². The van der Waals surface area contributed by atoms with Crippen LogP contribution in [0.2, 0.25) is 0 Å². The summed E-state index contributed by atoms with van der Waals surface area (Å²) in [4.78, 5) is 11.5. The van der Waals surface area contributed by atoms with Crippen LogP contribution in [0.15, 0.2) is 41.2 Å². The number of carbonyl (C=O) groups excluding carboxylic acids is 1. The van der Waals surface area contributed by atoms with Gasteiger partial charge >= 0.3 is 6.03 Å². The van der Waals surface area contributed by atoms with Crippen LogP contribution < -0.4 is 10.6 Å². The number of benzene rings is 1. The quantitative estimate of drug-likeness (QED) is 0.894. The summed E-state index contributed by atoms with van der Waals surface area (Å²) in [6, 6.07) is 4.49. The van der Waals surface area contributed by atoms with Gasteiger partial charge in [0.15, 0.2) is 0 Å². The maximum absolute atomic E-state index is 13.3. The number of hydrogen-bond acceptors (Lipinski definition) is 2. The number of nitrogens with one attached hydrogen (secondary N) is 2. The Morgan fingerprint density at radius 2 is 1.95 bits per heavy atom. The van der Waals surface area contributed by atoms with Crippen LogP contribution in [0.25, 0.3) is 0 Å². The molecule has 19 heavy (non-hydrogen) atoms. The maximum Gasteiger partial charge on any atom is 0.319 e. The van der Waals surface area contributed by atoms with E-state index in [9.17, 15) is 13.6 Å². The van der Waals surface area contributed by atoms with Crippen molar-refractivity contribution >= 4 is 11.7 Å². The molecule has 0 unspecified atom stereocenters. The monoisotopic (exact) mass is 266 g/mol. The topological polar surface area (TPSA) is 54.3 Å². The van der Waals surface area contributed by atoms with Gasteiger partial charge in [-0.2, -0.15) is 0 Å². The smallest absolute Gasteiger partial charge is 0.319 e. The fourth-order valence-electron chi connectivity index (χ4n) is 1.53. The highest BCUT2D eigenvalue weighted by Crippen LogP contribution is 2.17. The third-order valence-electron chi connectivity index (χ3n) is 2.48. The van der Waals surface area contributed by atoms with E-state index in [-0.39, 0.29) is 0 Å². The highest BCUT2D eigenvalue weighted by Gasteiger charge is 2.11. The van der Waals surface area contributed by atoms with Crippen LogP contribution >= 0.6 is 0 Å². The number of rotatable bonds is 4. The van der Waals surface area contributed by atoms with Crippen molar-refractivity contribution in [1.29, 1.82) is 0 Å². The van der Waals surface area contributed by atoms with Gasteiger partial charge in [-0.3, -0.25) is 0 Å². The van der Waals surface area contributed by atoms with Crippen LogP contribution in [0.3, 0.4) is 0 Å². The summed E-state index contributed by atoms with van der Waals surface area (Å²) in [6.07, 6.45) is 3.67. The Morgan fingerprint density at radius 1 is 1.21 bits per heavy atom. The standard InChI is InChI=1S/C13H12F2N2O2/c14-10-2-1-3-11(15)12(10)17-13(18)16-6-4-9-5-7-19-8-9/h1-3,5,7-8H,4,6H2,(H2,16,17,18). The number of carbonyl (C=O) groups is 1. The zero-order valence-electron chi connectivity index (χ0n) is 9.95. The van der Waals surface area contributed by atoms with Crippen molar-refractivity contribution in [2.45, 2.75) is 6.42 Å². The number of hydrogen-bond donors (Lipinski definition) is 2. The van der Waals surface area contributed by atoms with Gasteiger partial charge in [0.05, 0.1) is 12.5 Å². The number of halogens is 2. The molecule has 2 rings (SSSR count). The van der Waals surface area contributed by atoms with Gasteiger partial charge < -0.3 is 15.1 Å². The van der Waals surface area contributed by atoms with Crippen molar-refractivity contribution in [3.8, 4) is 0 Å². The summed E-state index contributed by atoms with van der Waals surface area (Å²) in [5.41, 5.74) is 0.473. The molecule has 0 fully saturated rings. The Balaban J connectivity index is 1.84. The molecular weight excluding hydrogens is 254 g/mol. The van der Waals surface area contributed by atoms with Crippen LogP contribution in [0.4, 0.5) is 19.3 Å². The predicted molar refractivity (Wildman–Crippen MR) is 65.8 cm³/mol. The van der Waals surface area contributed by atoms with E-state index >= 15 is 0 Å². The molecule has 0 saturated heterocycles. The number of anilines is 1. The van der Waals surface area contributed by atoms with Crippen molar-refractivity contribution in [1.82, 2.24) is 5.32 Å². The number of amides is 2. The lowest BCUT2D eigenvalue weighted by Crippen LogP contribution is -2.31. The molecule has 1 aromatic heterocycles. The second-order valence-electron chi connectivity index (χ2n) is 3.86. The van der Waals surface area contributed by atoms with E-state index in [0.717, 1.165) is 17.7 Å². The number of urea groups is 1. The summed E-state index contributed by atoms with van der Waals surface area (Å²) in [5.74, 6) is -1.63. The molecule has 2 amide bonds. The SMILES string of the molecule is O=C(NCCc1ccoc1)Nc1c(F)cccc1F. The fourth-order valence-corrected chi connectivity index (χ4v) is 1.53. The normalized spacial score (nSPS) is 10.2. The Kier molecular flexibility index (Phi) is 4.12. The molecule has 0 aliphatic heterocycles. The Hall–Kier alpha value is -2.37. The van der Waals surface area contributed by atoms with Gasteiger partial charge in [0.1, 0.15) is 17.3 Å². The van der Waals surface area contributed by atoms with E-state index in [1.807, 2.05) is 0 Å². The summed E-state index contributed by atoms with van der Waals surface area (Å²) >= 11 is 0. The second-order valence-corrected chi connectivity index (χ2v) is 3.86. The zero-order chi connectivity index (χ0) is 13.7. The first-order valence-corrected chi connectivity index (χ1v) is 5.67. The molecule has 0 spiro atoms. The van der Waals surface area contributed by atoms with Crippen molar-refractivity contribution in [2.75, 3.05) is 11.9 Å². The Morgan fingerprint density at radius 3 is 2.58 bits per heavy atom. The molecule has 0 aliphatic carbocycles. The average Bonchev–Trinajstić information content (AvgIpc) is 2.87. The molecule has 1 aromatic carbocycles. The molecule has 2 aromatic rings. The molecule has 0 bridgehead atoms. The van der Waals surface area contributed by atoms with Gasteiger partial charge in [-0.1, -0.05) is 6.07 Å². The molecule has 100 valence electrons. The summed E-state index contributed by atoms with van der Waals surface area (Å²) < 4.78 is 31.4. The lowest BCUT2D eigenvalue weighted by molar-refractivity contribution is 0.252. The largest absolute Gasteiger partial charge is 0.472 e. The molecule has 0 aliphatic rings. The maximum atomic E-state index is 13.3. The van der Waals surface area contributed by atoms with Crippen LogP contribution in [-0.4, -0.2) is 12.6 Å². The molecule has 0 atom stereocenters. The van der Waals surface area contributed by atoms with E-state index in [1.165, 1.54) is 12.3 Å². The fraction of sp³-hybridized carbons (Fsp3) is 0.154. The molecule has 4 nitrogen and oxygen atoms in total. The van der Waals surface area contributed by atoms with E-state index in [2.05, 4.69) is 10.6 Å². The van der Waals surface area contributed by atoms with Gasteiger partial charge in [-0.25, -0.2) is 13.6 Å². The first-order valence-electron chi connectivity index (χ1n) is 5.67. The molecule has 0 radical (unpaired) electrons. The van der Waals surface area contributed by atoms with Crippen LogP contribution in [0.1, 0.15) is 5.56 Å². The first kappa shape index (κ1) is 13.1. The molecule has 6 heteroatoms. The molecule has 1 heterocycles. The third kappa shape index (κ3) is 3.54. The van der Waals surface area contributed by atoms with Gasteiger partial charge in [0.2, 0.25) is 0 Å². The summed E-state index contributed by atoms with van der Waals surface area (Å²) in [6.45, 7) is 0.335. The van der Waals surface area contributed by atoms with Crippen molar-refractivity contribution < 1.29 is 18.0 Å². The van der Waals surface area contributed by atoms with Crippen LogP contribution in [0.5, 0.6) is 0 Å². The van der Waals surface area contributed by atoms with Gasteiger partial charge in [0.25, 0.3) is 0 Å². The minimum Gasteiger partial charge on any atom is -0.472 e. The van der Waals surface area contributed by atoms with Gasteiger partial charge in [0, 0.05) is 6.54 Å². The Labute approximate surface area is 108 Å². The van der Waals surface area contributed by atoms with E-state index in [4.69, 9.17) is 4.42 Å². The molecule has 0 saturated carbocycles. The molecule has 2 N–H and O–H groups in total.